The van der Waals surface area contributed by atoms with Gasteiger partial charge in [0, 0.05) is 6.42 Å². The third kappa shape index (κ3) is 23.7. The van der Waals surface area contributed by atoms with Gasteiger partial charge in [-0.3, -0.25) is 4.79 Å². The van der Waals surface area contributed by atoms with E-state index in [9.17, 15) is 61.0 Å². The first-order chi connectivity index (χ1) is 35.3. The monoisotopic (exact) mass is 1050 g/mol. The number of aliphatic hydroxyl groups is 11. The van der Waals surface area contributed by atoms with Gasteiger partial charge in [0.25, 0.3) is 0 Å². The Hall–Kier alpha value is -1.99. The molecule has 3 heterocycles. The third-order valence-corrected chi connectivity index (χ3v) is 13.9. The Balaban J connectivity index is 1.51. The van der Waals surface area contributed by atoms with Crippen LogP contribution in [0.5, 0.6) is 0 Å². The van der Waals surface area contributed by atoms with Crippen LogP contribution in [0.3, 0.4) is 0 Å². The maximum atomic E-state index is 13.1. The molecule has 0 spiro atoms. The van der Waals surface area contributed by atoms with Gasteiger partial charge in [-0.1, -0.05) is 153 Å². The normalized spacial score (nSPS) is 32.0. The Morgan fingerprint density at radius 3 is 1.37 bits per heavy atom. The lowest BCUT2D eigenvalue weighted by Crippen LogP contribution is -2.66. The Kier molecular flexibility index (Phi) is 34.5. The number of hydrogen-bond acceptors (Lipinski definition) is 18. The van der Waals surface area contributed by atoms with Gasteiger partial charge in [-0.15, -0.1) is 0 Å². The Labute approximate surface area is 434 Å². The number of hydrogen-bond donors (Lipinski definition) is 12. The maximum absolute atomic E-state index is 13.1. The predicted octanol–water partition coefficient (Wildman–Crippen LogP) is 3.37. The highest BCUT2D eigenvalue weighted by Crippen LogP contribution is 2.33. The lowest BCUT2D eigenvalue weighted by Gasteiger charge is -2.48. The molecule has 0 aromatic rings. The van der Waals surface area contributed by atoms with Crippen molar-refractivity contribution in [1.29, 1.82) is 0 Å². The summed E-state index contributed by atoms with van der Waals surface area (Å²) in [6, 6.07) is -0.990. The first kappa shape index (κ1) is 65.3. The van der Waals surface area contributed by atoms with Gasteiger partial charge in [0.2, 0.25) is 5.91 Å². The second-order valence-corrected chi connectivity index (χ2v) is 20.0. The number of rotatable bonds is 39. The molecule has 17 unspecified atom stereocenters. The quantitative estimate of drug-likeness (QED) is 0.0310. The minimum absolute atomic E-state index is 0.231. The summed E-state index contributed by atoms with van der Waals surface area (Å²) in [7, 11) is 0. The molecular weight excluding hydrogens is 951 g/mol. The van der Waals surface area contributed by atoms with E-state index in [1.165, 1.54) is 77.0 Å². The van der Waals surface area contributed by atoms with Crippen molar-refractivity contribution >= 4 is 5.91 Å². The minimum atomic E-state index is -1.98. The number of carbonyl (C=O) groups is 1. The highest BCUT2D eigenvalue weighted by atomic mass is 16.8. The molecule has 0 aromatic carbocycles. The van der Waals surface area contributed by atoms with Crippen LogP contribution in [0.2, 0.25) is 0 Å². The van der Waals surface area contributed by atoms with E-state index in [2.05, 4.69) is 43.5 Å². The van der Waals surface area contributed by atoms with Crippen molar-refractivity contribution < 1.29 is 89.4 Å². The summed E-state index contributed by atoms with van der Waals surface area (Å²) in [6.45, 7) is 1.61. The smallest absolute Gasteiger partial charge is 0.220 e. The van der Waals surface area contributed by atoms with Crippen LogP contribution in [0.25, 0.3) is 0 Å². The molecule has 3 aliphatic rings. The van der Waals surface area contributed by atoms with Crippen LogP contribution in [0.15, 0.2) is 36.5 Å². The SMILES string of the molecule is CCCCCCCCCCCCC/C=C/CC/C=C/CC/C=C/C(O)C(COC1OC(CO)C(OC2OC(CO)C(OC3OC(CO)C(O)C(O)C3O)C(O)C2O)C(O)C1O)NC(=O)CCCCCCCCC. The molecule has 1 amide bonds. The number of ether oxygens (including phenoxy) is 6. The summed E-state index contributed by atoms with van der Waals surface area (Å²) in [4.78, 5) is 13.1. The van der Waals surface area contributed by atoms with Gasteiger partial charge < -0.3 is 89.9 Å². The second kappa shape index (κ2) is 38.5. The summed E-state index contributed by atoms with van der Waals surface area (Å²) in [5.41, 5.74) is 0. The van der Waals surface area contributed by atoms with Crippen molar-refractivity contribution in [2.75, 3.05) is 26.4 Å². The van der Waals surface area contributed by atoms with E-state index in [1.54, 1.807) is 6.08 Å². The molecule has 17 atom stereocenters. The topological polar surface area (TPSA) is 307 Å². The summed E-state index contributed by atoms with van der Waals surface area (Å²) in [6.07, 6.45) is 11.8. The lowest BCUT2D eigenvalue weighted by molar-refractivity contribution is -0.379. The fourth-order valence-electron chi connectivity index (χ4n) is 9.28. The summed E-state index contributed by atoms with van der Waals surface area (Å²) in [5, 5.41) is 120. The van der Waals surface area contributed by atoms with Crippen molar-refractivity contribution in [3.05, 3.63) is 36.5 Å². The van der Waals surface area contributed by atoms with Gasteiger partial charge in [-0.05, 0) is 44.9 Å². The highest BCUT2D eigenvalue weighted by Gasteiger charge is 2.53. The number of aliphatic hydroxyl groups excluding tert-OH is 11. The van der Waals surface area contributed by atoms with Crippen molar-refractivity contribution in [2.24, 2.45) is 0 Å². The Morgan fingerprint density at radius 1 is 0.479 bits per heavy atom. The minimum Gasteiger partial charge on any atom is -0.394 e. The zero-order chi connectivity index (χ0) is 53.4. The maximum Gasteiger partial charge on any atom is 0.220 e. The standard InChI is InChI=1S/C54H97NO18/c1-3-5-7-9-11-12-13-14-15-16-17-18-19-20-21-22-23-24-26-27-29-31-38(59)37(55-42(60)32-30-28-25-10-8-6-4-2)36-68-52-48(66)45(63)50(40(34-57)70-52)73-54-49(67)46(64)51(41(35-58)71-54)72-53-47(65)44(62)43(61)39(33-56)69-53/h19-20,23-24,29,31,37-41,43-54,56-59,61-67H,3-18,21-22,25-28,30,32-36H2,1-2H3,(H,55,60)/b20-19+,24-23+,31-29+. The van der Waals surface area contributed by atoms with Crippen LogP contribution in [0, 0.1) is 0 Å². The number of unbranched alkanes of at least 4 members (excludes halogenated alkanes) is 19. The number of amides is 1. The van der Waals surface area contributed by atoms with E-state index in [-0.39, 0.29) is 18.9 Å². The van der Waals surface area contributed by atoms with Gasteiger partial charge in [0.05, 0.1) is 38.6 Å². The average molecular weight is 1050 g/mol. The van der Waals surface area contributed by atoms with Gasteiger partial charge in [-0.25, -0.2) is 0 Å². The first-order valence-electron chi connectivity index (χ1n) is 27.7. The van der Waals surface area contributed by atoms with E-state index >= 15 is 0 Å². The molecule has 0 radical (unpaired) electrons. The van der Waals surface area contributed by atoms with Crippen molar-refractivity contribution in [1.82, 2.24) is 5.32 Å². The average Bonchev–Trinajstić information content (AvgIpc) is 3.39. The molecule has 0 aliphatic carbocycles. The zero-order valence-electron chi connectivity index (χ0n) is 43.9. The van der Waals surface area contributed by atoms with Crippen LogP contribution < -0.4 is 5.32 Å². The molecule has 0 bridgehead atoms. The van der Waals surface area contributed by atoms with Crippen LogP contribution in [0.4, 0.5) is 0 Å². The van der Waals surface area contributed by atoms with Crippen molar-refractivity contribution in [3.63, 3.8) is 0 Å². The largest absolute Gasteiger partial charge is 0.394 e. The van der Waals surface area contributed by atoms with Gasteiger partial charge in [0.15, 0.2) is 18.9 Å². The second-order valence-electron chi connectivity index (χ2n) is 20.0. The molecular formula is C54H97NO18. The Morgan fingerprint density at radius 2 is 0.877 bits per heavy atom. The molecule has 3 saturated heterocycles. The number of allylic oxidation sites excluding steroid dienone is 5. The van der Waals surface area contributed by atoms with Crippen molar-refractivity contribution in [2.45, 2.75) is 272 Å². The van der Waals surface area contributed by atoms with Crippen LogP contribution in [-0.4, -0.2) is 193 Å². The first-order valence-corrected chi connectivity index (χ1v) is 27.7. The summed E-state index contributed by atoms with van der Waals surface area (Å²) >= 11 is 0. The Bertz CT molecular complexity index is 1490. The zero-order valence-corrected chi connectivity index (χ0v) is 43.9. The molecule has 3 fully saturated rings. The fourth-order valence-corrected chi connectivity index (χ4v) is 9.28. The van der Waals surface area contributed by atoms with Gasteiger partial charge >= 0.3 is 0 Å². The van der Waals surface area contributed by atoms with E-state index in [1.807, 2.05) is 6.08 Å². The molecule has 3 rings (SSSR count). The molecule has 12 N–H and O–H groups in total. The summed E-state index contributed by atoms with van der Waals surface area (Å²) in [5.74, 6) is -0.299. The molecule has 19 nitrogen and oxygen atoms in total. The fraction of sp³-hybridized carbons (Fsp3) is 0.870. The number of carbonyl (C=O) groups excluding carboxylic acids is 1. The van der Waals surface area contributed by atoms with Gasteiger partial charge in [-0.2, -0.15) is 0 Å². The van der Waals surface area contributed by atoms with Crippen molar-refractivity contribution in [3.8, 4) is 0 Å². The van der Waals surface area contributed by atoms with E-state index in [0.717, 1.165) is 57.8 Å². The van der Waals surface area contributed by atoms with E-state index < -0.39 is 124 Å². The molecule has 3 aliphatic heterocycles. The third-order valence-electron chi connectivity index (χ3n) is 13.9. The molecule has 19 heteroatoms. The van der Waals surface area contributed by atoms with Crippen LogP contribution in [-0.2, 0) is 33.2 Å². The van der Waals surface area contributed by atoms with Crippen LogP contribution >= 0.6 is 0 Å². The predicted molar refractivity (Wildman–Crippen MR) is 272 cm³/mol. The molecule has 426 valence electrons. The van der Waals surface area contributed by atoms with E-state index in [0.29, 0.717) is 12.8 Å². The molecule has 73 heavy (non-hydrogen) atoms. The molecule has 0 aromatic heterocycles. The highest BCUT2D eigenvalue weighted by molar-refractivity contribution is 5.76. The number of nitrogens with one attached hydrogen (secondary N) is 1. The lowest BCUT2D eigenvalue weighted by atomic mass is 9.96. The van der Waals surface area contributed by atoms with Gasteiger partial charge in [0.1, 0.15) is 73.2 Å². The molecule has 0 saturated carbocycles. The summed E-state index contributed by atoms with van der Waals surface area (Å²) < 4.78 is 34.1. The van der Waals surface area contributed by atoms with Crippen LogP contribution in [0.1, 0.15) is 168 Å². The van der Waals surface area contributed by atoms with E-state index in [4.69, 9.17) is 28.4 Å².